The number of para-hydroxylation sites is 2. The van der Waals surface area contributed by atoms with E-state index >= 15 is 0 Å². The Morgan fingerprint density at radius 2 is 0.938 bits per heavy atom. The number of benzene rings is 7. The average Bonchev–Trinajstić information content (AvgIpc) is 4.02. The van der Waals surface area contributed by atoms with Gasteiger partial charge in [-0.05, 0) is 181 Å². The van der Waals surface area contributed by atoms with Crippen LogP contribution in [0.3, 0.4) is 0 Å². The summed E-state index contributed by atoms with van der Waals surface area (Å²) >= 11 is 0. The Morgan fingerprint density at radius 1 is 0.415 bits per heavy atom. The molecule has 2 unspecified atom stereocenters. The van der Waals surface area contributed by atoms with E-state index in [1.165, 1.54) is 111 Å². The Bertz CT molecular complexity index is 3270. The highest BCUT2D eigenvalue weighted by molar-refractivity contribution is 7.00. The van der Waals surface area contributed by atoms with Crippen molar-refractivity contribution < 1.29 is 0 Å². The number of nitrogens with zero attached hydrogens (tertiary/aromatic N) is 2. The second-order valence-corrected chi connectivity index (χ2v) is 23.3. The quantitative estimate of drug-likeness (QED) is 0.160. The predicted molar refractivity (Wildman–Crippen MR) is 271 cm³/mol. The summed E-state index contributed by atoms with van der Waals surface area (Å²) in [7, 11) is 0. The Hall–Kier alpha value is -5.80. The molecule has 7 aromatic rings. The maximum absolute atomic E-state index is 2.76. The maximum Gasteiger partial charge on any atom is 0.252 e. The third kappa shape index (κ3) is 3.93. The van der Waals surface area contributed by atoms with Gasteiger partial charge in [0.1, 0.15) is 0 Å². The topological polar surface area (TPSA) is 6.48 Å². The molecular formula is C62H57BN2. The number of hydrogen-bond acceptors (Lipinski definition) is 2. The van der Waals surface area contributed by atoms with E-state index in [9.17, 15) is 0 Å². The fourth-order valence-corrected chi connectivity index (χ4v) is 17.6. The summed E-state index contributed by atoms with van der Waals surface area (Å²) in [6.45, 7) is 15.8. The summed E-state index contributed by atoms with van der Waals surface area (Å²) in [4.78, 5) is 5.28. The Balaban J connectivity index is 1.04. The normalized spacial score (nSPS) is 30.0. The lowest BCUT2D eigenvalue weighted by Gasteiger charge is -2.49. The van der Waals surface area contributed by atoms with Crippen LogP contribution in [-0.4, -0.2) is 6.71 Å². The van der Waals surface area contributed by atoms with E-state index in [-0.39, 0.29) is 39.2 Å². The molecule has 7 aromatic carbocycles. The first kappa shape index (κ1) is 37.4. The molecule has 0 aromatic heterocycles. The highest BCUT2D eigenvalue weighted by atomic mass is 15.2. The zero-order chi connectivity index (χ0) is 43.6. The Morgan fingerprint density at radius 3 is 1.55 bits per heavy atom. The smallest absolute Gasteiger partial charge is 0.252 e. The summed E-state index contributed by atoms with van der Waals surface area (Å²) in [6, 6.07) is 59.8. The van der Waals surface area contributed by atoms with E-state index in [0.29, 0.717) is 11.8 Å². The second kappa shape index (κ2) is 11.8. The van der Waals surface area contributed by atoms with Crippen LogP contribution >= 0.6 is 0 Å². The van der Waals surface area contributed by atoms with E-state index in [1.54, 1.807) is 22.3 Å². The van der Waals surface area contributed by atoms with Crippen molar-refractivity contribution in [2.24, 2.45) is 33.5 Å². The first-order valence-electron chi connectivity index (χ1n) is 24.9. The van der Waals surface area contributed by atoms with Gasteiger partial charge in [-0.15, -0.1) is 0 Å². The lowest BCUT2D eigenvalue weighted by molar-refractivity contribution is 0.0990. The third-order valence-electron chi connectivity index (χ3n) is 21.4. The molecule has 2 nitrogen and oxygen atoms in total. The van der Waals surface area contributed by atoms with Gasteiger partial charge in [0.25, 0.3) is 6.71 Å². The summed E-state index contributed by atoms with van der Waals surface area (Å²) in [5, 5.41) is 0. The molecule has 65 heavy (non-hydrogen) atoms. The van der Waals surface area contributed by atoms with Gasteiger partial charge in [-0.2, -0.15) is 0 Å². The van der Waals surface area contributed by atoms with Gasteiger partial charge in [0.05, 0.1) is 0 Å². The van der Waals surface area contributed by atoms with Crippen LogP contribution in [0.4, 0.5) is 34.1 Å². The fraction of sp³-hybridized carbons (Fsp3) is 0.323. The molecule has 4 saturated carbocycles. The molecule has 0 amide bonds. The van der Waals surface area contributed by atoms with Gasteiger partial charge in [-0.25, -0.2) is 0 Å². The monoisotopic (exact) mass is 840 g/mol. The van der Waals surface area contributed by atoms with Gasteiger partial charge in [0.15, 0.2) is 0 Å². The Kier molecular flexibility index (Phi) is 6.78. The van der Waals surface area contributed by atoms with E-state index in [2.05, 4.69) is 203 Å². The number of anilines is 6. The third-order valence-corrected chi connectivity index (χ3v) is 21.4. The van der Waals surface area contributed by atoms with Crippen LogP contribution in [0.1, 0.15) is 102 Å². The van der Waals surface area contributed by atoms with E-state index < -0.39 is 0 Å². The molecule has 2 heterocycles. The van der Waals surface area contributed by atoms with Crippen molar-refractivity contribution in [2.75, 3.05) is 9.80 Å². The van der Waals surface area contributed by atoms with Crippen LogP contribution in [0.15, 0.2) is 152 Å². The van der Waals surface area contributed by atoms with Crippen LogP contribution in [0, 0.1) is 33.5 Å². The van der Waals surface area contributed by atoms with Crippen LogP contribution in [-0.2, 0) is 10.8 Å². The van der Waals surface area contributed by atoms with Crippen LogP contribution in [0.25, 0.3) is 22.3 Å². The molecule has 6 aliphatic carbocycles. The van der Waals surface area contributed by atoms with Crippen LogP contribution in [0.5, 0.6) is 0 Å². The van der Waals surface area contributed by atoms with Crippen molar-refractivity contribution in [3.8, 4) is 22.3 Å². The van der Waals surface area contributed by atoms with Crippen LogP contribution < -0.4 is 26.2 Å². The van der Waals surface area contributed by atoms with E-state index in [1.807, 2.05) is 0 Å². The first-order valence-corrected chi connectivity index (χ1v) is 24.9. The molecular weight excluding hydrogens is 784 g/mol. The SMILES string of the molecule is CC1(C)C2CCC1(C)[C@]1(C2)c2ccccc2-c2ccc(N3c4cc5c(cc4B4c6ccccc6N(c6ccccc6)c6cccc3c64)-c3ccccc3[C@@]53C[C@@H]4CC[C@@]3(C)C4(C)C)cc21. The molecule has 4 fully saturated rings. The zero-order valence-electron chi connectivity index (χ0n) is 38.8. The van der Waals surface area contributed by atoms with Crippen molar-refractivity contribution in [3.05, 3.63) is 174 Å². The van der Waals surface area contributed by atoms with Crippen molar-refractivity contribution in [1.29, 1.82) is 0 Å². The largest absolute Gasteiger partial charge is 0.311 e. The van der Waals surface area contributed by atoms with Crippen molar-refractivity contribution in [1.82, 2.24) is 0 Å². The minimum Gasteiger partial charge on any atom is -0.311 e. The molecule has 0 saturated heterocycles. The standard InChI is InChI=1S/C62H57BN2/c1-57(2)38-29-31-59(57,5)61(36-38)46-21-12-10-19-42(46)44-28-27-41(33-48(44)61)65-54-26-16-25-53-56(54)63(50-23-14-15-24-52(50)64(53)40-17-8-7-9-18-40)51-34-45-43-20-11-13-22-47(43)62(49(45)35-55(51)65)37-39-30-32-60(62,6)58(39,3)4/h7-28,33-35,38-39H,29-32,36-37H2,1-6H3/t38?,39-,59?,60-,61+,62-/m0/s1. The minimum absolute atomic E-state index is 0.0193. The molecule has 3 heteroatoms. The van der Waals surface area contributed by atoms with Gasteiger partial charge in [0, 0.05) is 45.0 Å². The molecule has 2 spiro atoms. The predicted octanol–water partition coefficient (Wildman–Crippen LogP) is 14.0. The van der Waals surface area contributed by atoms with Crippen molar-refractivity contribution >= 4 is 57.2 Å². The lowest BCUT2D eigenvalue weighted by atomic mass is 9.33. The average molecular weight is 841 g/mol. The highest BCUT2D eigenvalue weighted by Crippen LogP contribution is 2.80. The van der Waals surface area contributed by atoms with Gasteiger partial charge in [-0.1, -0.05) is 145 Å². The van der Waals surface area contributed by atoms with Gasteiger partial charge in [0.2, 0.25) is 0 Å². The zero-order valence-corrected chi connectivity index (χ0v) is 38.8. The van der Waals surface area contributed by atoms with Gasteiger partial charge >= 0.3 is 0 Å². The lowest BCUT2D eigenvalue weighted by Crippen LogP contribution is -2.61. The first-order chi connectivity index (χ1) is 31.5. The van der Waals surface area contributed by atoms with E-state index in [0.717, 1.165) is 0 Å². The van der Waals surface area contributed by atoms with Crippen LogP contribution in [0.2, 0.25) is 0 Å². The molecule has 15 rings (SSSR count). The summed E-state index contributed by atoms with van der Waals surface area (Å²) in [5.41, 5.74) is 24.8. The highest BCUT2D eigenvalue weighted by Gasteiger charge is 2.73. The number of hydrogen-bond donors (Lipinski definition) is 0. The maximum atomic E-state index is 2.76. The van der Waals surface area contributed by atoms with Gasteiger partial charge in [-0.3, -0.25) is 0 Å². The molecule has 0 radical (unpaired) electrons. The van der Waals surface area contributed by atoms with Crippen molar-refractivity contribution in [3.63, 3.8) is 0 Å². The summed E-state index contributed by atoms with van der Waals surface area (Å²) in [5.74, 6) is 1.42. The minimum atomic E-state index is -0.0321. The Labute approximate surface area is 385 Å². The van der Waals surface area contributed by atoms with Gasteiger partial charge < -0.3 is 9.80 Å². The molecule has 0 N–H and O–H groups in total. The molecule has 318 valence electrons. The molecule has 2 aliphatic heterocycles. The number of fused-ring (bicyclic) bond motifs is 20. The van der Waals surface area contributed by atoms with Crippen molar-refractivity contribution in [2.45, 2.75) is 90.9 Å². The van der Waals surface area contributed by atoms with E-state index in [4.69, 9.17) is 0 Å². The number of rotatable bonds is 2. The molecule has 8 aliphatic rings. The fourth-order valence-electron chi connectivity index (χ4n) is 17.6. The summed E-state index contributed by atoms with van der Waals surface area (Å²) in [6.07, 6.45) is 7.69. The summed E-state index contributed by atoms with van der Waals surface area (Å²) < 4.78 is 0. The molecule has 4 bridgehead atoms. The molecule has 6 atom stereocenters. The second-order valence-electron chi connectivity index (χ2n) is 23.3.